The molecule has 7 nitrogen and oxygen atoms in total. The fourth-order valence-electron chi connectivity index (χ4n) is 6.07. The predicted molar refractivity (Wildman–Crippen MR) is 148 cm³/mol. The molecule has 3 aromatic rings. The molecule has 0 bridgehead atoms. The first-order valence-electron chi connectivity index (χ1n) is 13.6. The molecule has 4 aliphatic rings. The standard InChI is InChI=1S/C20H18ClN5S.C8H12F3NO/c1-10-24-25-19-20(6-7-20)23-17(12-4-2-3-5-14(12)21)16-13-8-11(22)9-15(13)27-18(16)26(10)19;9-8(10,11)6-1-3-7(4-2-6)12-5-13/h2-5,11H,6-9,22H2,1H3;5-7H,1-4H2,(H,12,13)/t11-;/m0./s1. The van der Waals surface area contributed by atoms with Crippen molar-refractivity contribution in [3.05, 3.63) is 62.5 Å². The lowest BCUT2D eigenvalue weighted by atomic mass is 9.86. The minimum Gasteiger partial charge on any atom is -0.356 e. The number of aromatic nitrogens is 3. The normalized spacial score (nSPS) is 24.1. The summed E-state index contributed by atoms with van der Waals surface area (Å²) in [5.41, 5.74) is 10.5. The smallest absolute Gasteiger partial charge is 0.356 e. The quantitative estimate of drug-likeness (QED) is 0.399. The van der Waals surface area contributed by atoms with E-state index in [9.17, 15) is 18.0 Å². The minimum atomic E-state index is -4.06. The van der Waals surface area contributed by atoms with E-state index in [0.717, 1.165) is 53.6 Å². The Labute approximate surface area is 239 Å². The van der Waals surface area contributed by atoms with E-state index in [0.29, 0.717) is 19.3 Å². The lowest BCUT2D eigenvalue weighted by Crippen LogP contribution is -2.36. The number of nitrogens with one attached hydrogen (secondary N) is 1. The fourth-order valence-corrected chi connectivity index (χ4v) is 7.76. The van der Waals surface area contributed by atoms with Gasteiger partial charge >= 0.3 is 6.18 Å². The molecule has 3 heterocycles. The Hall–Kier alpha value is -2.76. The summed E-state index contributed by atoms with van der Waals surface area (Å²) in [5.74, 6) is 0.710. The fraction of sp³-hybridized carbons (Fsp3) is 0.500. The number of nitrogens with zero attached hydrogens (tertiary/aromatic N) is 4. The molecule has 1 spiro atoms. The molecule has 7 rings (SSSR count). The molecular formula is C28H30ClF3N6OS. The molecule has 2 fully saturated rings. The molecule has 0 radical (unpaired) electrons. The van der Waals surface area contributed by atoms with Crippen molar-refractivity contribution < 1.29 is 18.0 Å². The number of alkyl halides is 3. The van der Waals surface area contributed by atoms with Crippen molar-refractivity contribution in [2.24, 2.45) is 16.6 Å². The maximum absolute atomic E-state index is 12.2. The summed E-state index contributed by atoms with van der Waals surface area (Å²) in [6.45, 7) is 2.02. The van der Waals surface area contributed by atoms with Crippen LogP contribution in [0.5, 0.6) is 0 Å². The number of benzene rings is 1. The summed E-state index contributed by atoms with van der Waals surface area (Å²) in [7, 11) is 0. The second-order valence-corrected chi connectivity index (χ2v) is 12.6. The van der Waals surface area contributed by atoms with E-state index in [1.165, 1.54) is 21.0 Å². The maximum atomic E-state index is 12.2. The molecule has 0 unspecified atom stereocenters. The lowest BCUT2D eigenvalue weighted by molar-refractivity contribution is -0.182. The summed E-state index contributed by atoms with van der Waals surface area (Å²) in [6, 6.07) is 8.12. The van der Waals surface area contributed by atoms with Crippen LogP contribution in [0.15, 0.2) is 29.3 Å². The lowest BCUT2D eigenvalue weighted by Gasteiger charge is -2.29. The van der Waals surface area contributed by atoms with Gasteiger partial charge in [-0.15, -0.1) is 21.5 Å². The Morgan fingerprint density at radius 3 is 2.52 bits per heavy atom. The third kappa shape index (κ3) is 4.86. The van der Waals surface area contributed by atoms with Gasteiger partial charge in [0.1, 0.15) is 16.4 Å². The molecule has 40 heavy (non-hydrogen) atoms. The van der Waals surface area contributed by atoms with Gasteiger partial charge in [-0.3, -0.25) is 14.4 Å². The highest BCUT2D eigenvalue weighted by molar-refractivity contribution is 7.15. The Balaban J connectivity index is 0.000000189. The van der Waals surface area contributed by atoms with Crippen molar-refractivity contribution in [3.63, 3.8) is 0 Å². The molecule has 212 valence electrons. The number of aliphatic imine (C=N–C) groups is 1. The van der Waals surface area contributed by atoms with Gasteiger partial charge in [0.2, 0.25) is 6.41 Å². The summed E-state index contributed by atoms with van der Waals surface area (Å²) < 4.78 is 38.7. The van der Waals surface area contributed by atoms with Gasteiger partial charge in [-0.1, -0.05) is 29.8 Å². The number of thiophene rings is 1. The van der Waals surface area contributed by atoms with Gasteiger partial charge < -0.3 is 11.1 Å². The van der Waals surface area contributed by atoms with Crippen LogP contribution in [0.3, 0.4) is 0 Å². The highest BCUT2D eigenvalue weighted by Crippen LogP contribution is 2.54. The van der Waals surface area contributed by atoms with Crippen molar-refractivity contribution in [1.82, 2.24) is 20.1 Å². The molecule has 1 amide bonds. The SMILES string of the molecule is Cc1nnc2n1-c1sc3c(c1C(c1ccccc1Cl)=NC21CC1)C[C@H](N)C3.O=CNC1CCC(C(F)(F)F)CC1. The van der Waals surface area contributed by atoms with Crippen molar-refractivity contribution in [3.8, 4) is 5.00 Å². The van der Waals surface area contributed by atoms with Crippen molar-refractivity contribution in [2.75, 3.05) is 0 Å². The van der Waals surface area contributed by atoms with Gasteiger partial charge in [0.15, 0.2) is 5.82 Å². The zero-order chi connectivity index (χ0) is 28.2. The molecule has 1 aromatic carbocycles. The highest BCUT2D eigenvalue weighted by atomic mass is 35.5. The van der Waals surface area contributed by atoms with E-state index in [2.05, 4.69) is 26.1 Å². The van der Waals surface area contributed by atoms with Gasteiger partial charge in [-0.05, 0) is 69.9 Å². The number of hydrogen-bond donors (Lipinski definition) is 2. The average molecular weight is 591 g/mol. The monoisotopic (exact) mass is 590 g/mol. The predicted octanol–water partition coefficient (Wildman–Crippen LogP) is 5.41. The van der Waals surface area contributed by atoms with Crippen LogP contribution < -0.4 is 11.1 Å². The van der Waals surface area contributed by atoms with Crippen LogP contribution in [0, 0.1) is 12.8 Å². The van der Waals surface area contributed by atoms with Gasteiger partial charge in [0.05, 0.1) is 11.6 Å². The Morgan fingerprint density at radius 2 is 1.88 bits per heavy atom. The second kappa shape index (κ2) is 10.3. The van der Waals surface area contributed by atoms with E-state index in [1.54, 1.807) is 0 Å². The number of fused-ring (bicyclic) bond motifs is 6. The number of halogens is 4. The van der Waals surface area contributed by atoms with E-state index >= 15 is 0 Å². The highest BCUT2D eigenvalue weighted by Gasteiger charge is 2.52. The van der Waals surface area contributed by atoms with Gasteiger partial charge in [-0.25, -0.2) is 0 Å². The number of carbonyl (C=O) groups excluding carboxylic acids is 1. The van der Waals surface area contributed by atoms with Gasteiger partial charge in [0.25, 0.3) is 0 Å². The van der Waals surface area contributed by atoms with Crippen LogP contribution in [0.2, 0.25) is 5.02 Å². The summed E-state index contributed by atoms with van der Waals surface area (Å²) in [5, 5.41) is 13.3. The third-order valence-corrected chi connectivity index (χ3v) is 9.91. The number of nitrogens with two attached hydrogens (primary N) is 1. The van der Waals surface area contributed by atoms with Crippen LogP contribution in [0.25, 0.3) is 5.00 Å². The van der Waals surface area contributed by atoms with E-state index in [-0.39, 0.29) is 30.5 Å². The zero-order valence-corrected chi connectivity index (χ0v) is 23.5. The largest absolute Gasteiger partial charge is 0.391 e. The first-order valence-corrected chi connectivity index (χ1v) is 14.8. The molecule has 1 aliphatic heterocycles. The van der Waals surface area contributed by atoms with Crippen LogP contribution >= 0.6 is 22.9 Å². The number of aryl methyl sites for hydroxylation is 1. The first kappa shape index (κ1) is 27.4. The zero-order valence-electron chi connectivity index (χ0n) is 22.0. The Bertz CT molecular complexity index is 1470. The molecule has 2 aromatic heterocycles. The van der Waals surface area contributed by atoms with Crippen molar-refractivity contribution in [2.45, 2.75) is 82.1 Å². The van der Waals surface area contributed by atoms with Crippen LogP contribution in [-0.2, 0) is 23.2 Å². The maximum Gasteiger partial charge on any atom is 0.391 e. The third-order valence-electron chi connectivity index (χ3n) is 8.34. The van der Waals surface area contributed by atoms with Gasteiger partial charge in [0, 0.05) is 33.1 Å². The number of amides is 1. The number of carbonyl (C=O) groups is 1. The Kier molecular flexibility index (Phi) is 7.03. The van der Waals surface area contributed by atoms with Crippen LogP contribution in [0.4, 0.5) is 13.2 Å². The minimum absolute atomic E-state index is 0.0592. The van der Waals surface area contributed by atoms with E-state index < -0.39 is 12.1 Å². The summed E-state index contributed by atoms with van der Waals surface area (Å²) in [4.78, 5) is 16.7. The molecule has 2 saturated carbocycles. The molecule has 3 N–H and O–H groups in total. The van der Waals surface area contributed by atoms with E-state index in [1.807, 2.05) is 36.5 Å². The Morgan fingerprint density at radius 1 is 1.15 bits per heavy atom. The molecular weight excluding hydrogens is 561 g/mol. The average Bonchev–Trinajstić information content (AvgIpc) is 3.31. The van der Waals surface area contributed by atoms with Gasteiger partial charge in [-0.2, -0.15) is 13.2 Å². The van der Waals surface area contributed by atoms with Crippen molar-refractivity contribution >= 4 is 35.1 Å². The van der Waals surface area contributed by atoms with E-state index in [4.69, 9.17) is 22.3 Å². The van der Waals surface area contributed by atoms with Crippen molar-refractivity contribution in [1.29, 1.82) is 0 Å². The van der Waals surface area contributed by atoms with Crippen LogP contribution in [0.1, 0.15) is 71.7 Å². The number of rotatable bonds is 3. The summed E-state index contributed by atoms with van der Waals surface area (Å²) in [6.07, 6.45) is 1.42. The second-order valence-electron chi connectivity index (χ2n) is 11.1. The molecule has 1 atom stereocenters. The molecule has 12 heteroatoms. The first-order chi connectivity index (χ1) is 19.1. The van der Waals surface area contributed by atoms with Crippen LogP contribution in [-0.4, -0.2) is 45.1 Å². The summed E-state index contributed by atoms with van der Waals surface area (Å²) >= 11 is 8.43. The number of hydrogen-bond acceptors (Lipinski definition) is 6. The molecule has 0 saturated heterocycles. The topological polar surface area (TPSA) is 98.2 Å². The molecule has 3 aliphatic carbocycles.